The number of nitrogens with one attached hydrogen (secondary N) is 2. The van der Waals surface area contributed by atoms with Gasteiger partial charge in [-0.25, -0.2) is 0 Å². The number of halogens is 1. The highest BCUT2D eigenvalue weighted by molar-refractivity contribution is 14.0. The Morgan fingerprint density at radius 1 is 1.00 bits per heavy atom. The SMILES string of the molecule is COCCNC(=NCCCOCCOC)Nc1ccc(OC(C)C)cc1.I. The Kier molecular flexibility index (Phi) is 16.3. The van der Waals surface area contributed by atoms with Crippen molar-refractivity contribution in [1.29, 1.82) is 0 Å². The van der Waals surface area contributed by atoms with Crippen molar-refractivity contribution in [3.8, 4) is 5.75 Å². The Hall–Kier alpha value is -1.10. The quantitative estimate of drug-likeness (QED) is 0.190. The summed E-state index contributed by atoms with van der Waals surface area (Å²) in [6.45, 7) is 7.88. The van der Waals surface area contributed by atoms with Gasteiger partial charge in [-0.05, 0) is 44.5 Å². The molecular weight excluding hydrogens is 461 g/mol. The molecule has 7 nitrogen and oxygen atoms in total. The molecule has 1 rings (SSSR count). The van der Waals surface area contributed by atoms with Crippen LogP contribution in [0.2, 0.25) is 0 Å². The van der Waals surface area contributed by atoms with Crippen molar-refractivity contribution in [3.05, 3.63) is 24.3 Å². The molecule has 0 saturated heterocycles. The Morgan fingerprint density at radius 3 is 2.33 bits per heavy atom. The van der Waals surface area contributed by atoms with Crippen molar-refractivity contribution < 1.29 is 18.9 Å². The van der Waals surface area contributed by atoms with Crippen molar-refractivity contribution in [2.75, 3.05) is 59.1 Å². The lowest BCUT2D eigenvalue weighted by molar-refractivity contribution is 0.0702. The van der Waals surface area contributed by atoms with Crippen molar-refractivity contribution in [2.45, 2.75) is 26.4 Å². The van der Waals surface area contributed by atoms with Gasteiger partial charge >= 0.3 is 0 Å². The average molecular weight is 495 g/mol. The van der Waals surface area contributed by atoms with Gasteiger partial charge in [-0.2, -0.15) is 0 Å². The topological polar surface area (TPSA) is 73.3 Å². The minimum atomic E-state index is 0. The third kappa shape index (κ3) is 13.7. The number of hydrogen-bond donors (Lipinski definition) is 2. The van der Waals surface area contributed by atoms with E-state index in [0.29, 0.717) is 39.5 Å². The van der Waals surface area contributed by atoms with Crippen LogP contribution in [0, 0.1) is 0 Å². The molecule has 0 aliphatic rings. The number of methoxy groups -OCH3 is 2. The van der Waals surface area contributed by atoms with Gasteiger partial charge in [-0.3, -0.25) is 4.99 Å². The Morgan fingerprint density at radius 2 is 1.70 bits per heavy atom. The lowest BCUT2D eigenvalue weighted by atomic mass is 10.3. The van der Waals surface area contributed by atoms with E-state index in [1.807, 2.05) is 38.1 Å². The van der Waals surface area contributed by atoms with Crippen molar-refractivity contribution in [3.63, 3.8) is 0 Å². The fourth-order valence-corrected chi connectivity index (χ4v) is 2.04. The number of aliphatic imine (C=N–C) groups is 1. The number of hydrogen-bond acceptors (Lipinski definition) is 5. The molecule has 0 heterocycles. The minimum Gasteiger partial charge on any atom is -0.491 e. The third-order valence-corrected chi connectivity index (χ3v) is 3.24. The number of rotatable bonds is 13. The molecule has 0 radical (unpaired) electrons. The molecule has 8 heteroatoms. The minimum absolute atomic E-state index is 0. The first-order valence-electron chi connectivity index (χ1n) is 9.03. The van der Waals surface area contributed by atoms with Crippen LogP contribution in [0.4, 0.5) is 5.69 Å². The summed E-state index contributed by atoms with van der Waals surface area (Å²) in [4.78, 5) is 4.58. The highest BCUT2D eigenvalue weighted by Crippen LogP contribution is 2.16. The number of guanidine groups is 1. The van der Waals surface area contributed by atoms with Crippen LogP contribution < -0.4 is 15.4 Å². The molecule has 0 bridgehead atoms. The van der Waals surface area contributed by atoms with Crippen LogP contribution in [0.15, 0.2) is 29.3 Å². The molecule has 0 saturated carbocycles. The second-order valence-corrected chi connectivity index (χ2v) is 5.92. The van der Waals surface area contributed by atoms with Gasteiger partial charge in [0.15, 0.2) is 5.96 Å². The lowest BCUT2D eigenvalue weighted by Gasteiger charge is -2.14. The maximum Gasteiger partial charge on any atom is 0.195 e. The van der Waals surface area contributed by atoms with E-state index < -0.39 is 0 Å². The van der Waals surface area contributed by atoms with Crippen molar-refractivity contribution >= 4 is 35.6 Å². The molecule has 27 heavy (non-hydrogen) atoms. The number of nitrogens with zero attached hydrogens (tertiary/aromatic N) is 1. The second-order valence-electron chi connectivity index (χ2n) is 5.92. The summed E-state index contributed by atoms with van der Waals surface area (Å²) in [6, 6.07) is 7.83. The number of benzene rings is 1. The molecule has 0 aromatic heterocycles. The van der Waals surface area contributed by atoms with Crippen molar-refractivity contribution in [2.24, 2.45) is 4.99 Å². The first-order valence-corrected chi connectivity index (χ1v) is 9.03. The molecule has 0 spiro atoms. The van der Waals surface area contributed by atoms with E-state index in [1.165, 1.54) is 0 Å². The van der Waals surface area contributed by atoms with E-state index in [9.17, 15) is 0 Å². The zero-order valence-electron chi connectivity index (χ0n) is 16.8. The smallest absolute Gasteiger partial charge is 0.195 e. The van der Waals surface area contributed by atoms with Gasteiger partial charge in [0.2, 0.25) is 0 Å². The summed E-state index contributed by atoms with van der Waals surface area (Å²) in [5.41, 5.74) is 0.945. The van der Waals surface area contributed by atoms with Crippen LogP contribution >= 0.6 is 24.0 Å². The number of anilines is 1. The largest absolute Gasteiger partial charge is 0.491 e. The van der Waals surface area contributed by atoms with Gasteiger partial charge in [-0.1, -0.05) is 0 Å². The van der Waals surface area contributed by atoms with Crippen LogP contribution in [0.1, 0.15) is 20.3 Å². The summed E-state index contributed by atoms with van der Waals surface area (Å²) in [7, 11) is 3.34. The van der Waals surface area contributed by atoms with E-state index in [-0.39, 0.29) is 30.1 Å². The van der Waals surface area contributed by atoms with Crippen LogP contribution in [0.5, 0.6) is 5.75 Å². The van der Waals surface area contributed by atoms with E-state index in [4.69, 9.17) is 18.9 Å². The van der Waals surface area contributed by atoms with Gasteiger partial charge in [0.05, 0.1) is 25.9 Å². The predicted octanol–water partition coefficient (Wildman–Crippen LogP) is 3.15. The molecule has 0 aliphatic heterocycles. The zero-order chi connectivity index (χ0) is 19.0. The summed E-state index contributed by atoms with van der Waals surface area (Å²) >= 11 is 0. The normalized spacial score (nSPS) is 11.2. The van der Waals surface area contributed by atoms with Gasteiger partial charge in [0.25, 0.3) is 0 Å². The van der Waals surface area contributed by atoms with Gasteiger partial charge in [-0.15, -0.1) is 24.0 Å². The Balaban J connectivity index is 0.00000676. The molecule has 156 valence electrons. The fraction of sp³-hybridized carbons (Fsp3) is 0.632. The first kappa shape index (κ1) is 25.9. The monoisotopic (exact) mass is 495 g/mol. The lowest BCUT2D eigenvalue weighted by Crippen LogP contribution is -2.33. The van der Waals surface area contributed by atoms with Gasteiger partial charge in [0, 0.05) is 39.6 Å². The summed E-state index contributed by atoms with van der Waals surface area (Å²) in [5, 5.41) is 6.55. The molecule has 1 aromatic rings. The first-order chi connectivity index (χ1) is 12.7. The molecule has 0 amide bonds. The summed E-state index contributed by atoms with van der Waals surface area (Å²) in [6.07, 6.45) is 1.01. The summed E-state index contributed by atoms with van der Waals surface area (Å²) in [5.74, 6) is 1.57. The third-order valence-electron chi connectivity index (χ3n) is 3.24. The highest BCUT2D eigenvalue weighted by atomic mass is 127. The maximum atomic E-state index is 5.66. The van der Waals surface area contributed by atoms with E-state index in [1.54, 1.807) is 14.2 Å². The molecule has 0 unspecified atom stereocenters. The van der Waals surface area contributed by atoms with E-state index in [2.05, 4.69) is 15.6 Å². The van der Waals surface area contributed by atoms with Crippen LogP contribution in [-0.2, 0) is 14.2 Å². The van der Waals surface area contributed by atoms with Crippen LogP contribution in [0.3, 0.4) is 0 Å². The maximum absolute atomic E-state index is 5.66. The van der Waals surface area contributed by atoms with Gasteiger partial charge < -0.3 is 29.6 Å². The standard InChI is InChI=1S/C19H33N3O4.HI/c1-16(2)26-18-8-6-17(7-9-18)22-19(21-11-13-23-3)20-10-5-12-25-15-14-24-4;/h6-9,16H,5,10-15H2,1-4H3,(H2,20,21,22);1H. The molecule has 0 atom stereocenters. The number of ether oxygens (including phenoxy) is 4. The van der Waals surface area contributed by atoms with Crippen LogP contribution in [-0.4, -0.2) is 65.8 Å². The van der Waals surface area contributed by atoms with E-state index >= 15 is 0 Å². The Labute approximate surface area is 180 Å². The van der Waals surface area contributed by atoms with Crippen LogP contribution in [0.25, 0.3) is 0 Å². The predicted molar refractivity (Wildman–Crippen MR) is 121 cm³/mol. The molecule has 1 aromatic carbocycles. The highest BCUT2D eigenvalue weighted by Gasteiger charge is 2.02. The zero-order valence-corrected chi connectivity index (χ0v) is 19.2. The second kappa shape index (κ2) is 17.0. The fourth-order valence-electron chi connectivity index (χ4n) is 2.04. The molecule has 0 fully saturated rings. The summed E-state index contributed by atoms with van der Waals surface area (Å²) < 4.78 is 21.1. The van der Waals surface area contributed by atoms with Crippen molar-refractivity contribution in [1.82, 2.24) is 5.32 Å². The van der Waals surface area contributed by atoms with Gasteiger partial charge in [0.1, 0.15) is 5.75 Å². The Bertz CT molecular complexity index is 498. The van der Waals surface area contributed by atoms with E-state index in [0.717, 1.165) is 23.8 Å². The molecular formula is C19H34IN3O4. The average Bonchev–Trinajstić information content (AvgIpc) is 2.62. The molecule has 0 aliphatic carbocycles. The molecule has 2 N–H and O–H groups in total.